The molecule has 0 saturated heterocycles. The predicted octanol–water partition coefficient (Wildman–Crippen LogP) is 1.49. The van der Waals surface area contributed by atoms with Crippen molar-refractivity contribution in [2.45, 2.75) is 40.7 Å². The summed E-state index contributed by atoms with van der Waals surface area (Å²) in [4.78, 5) is 14.2. The third-order valence-electron chi connectivity index (χ3n) is 3.17. The number of carbonyl (C=O) groups is 1. The fourth-order valence-electron chi connectivity index (χ4n) is 2.41. The van der Waals surface area contributed by atoms with Crippen LogP contribution in [0.1, 0.15) is 34.6 Å². The van der Waals surface area contributed by atoms with Gasteiger partial charge >= 0.3 is 5.97 Å². The molecule has 102 valence electrons. The molecule has 2 atom stereocenters. The van der Waals surface area contributed by atoms with E-state index in [9.17, 15) is 4.79 Å². The monoisotopic (exact) mass is 244 g/mol. The van der Waals surface area contributed by atoms with Crippen LogP contribution in [0, 0.1) is 11.8 Å². The molecule has 2 N–H and O–H groups in total. The van der Waals surface area contributed by atoms with E-state index in [1.165, 1.54) is 0 Å². The smallest absolute Gasteiger partial charge is 0.311 e. The molecule has 0 unspecified atom stereocenters. The lowest BCUT2D eigenvalue weighted by molar-refractivity contribution is -0.151. The van der Waals surface area contributed by atoms with Crippen molar-refractivity contribution in [2.75, 3.05) is 26.2 Å². The van der Waals surface area contributed by atoms with Crippen molar-refractivity contribution in [3.8, 4) is 0 Å². The van der Waals surface area contributed by atoms with Gasteiger partial charge in [-0.25, -0.2) is 0 Å². The lowest BCUT2D eigenvalue weighted by Crippen LogP contribution is -2.49. The maximum atomic E-state index is 11.9. The van der Waals surface area contributed by atoms with E-state index in [0.29, 0.717) is 19.1 Å². The van der Waals surface area contributed by atoms with Gasteiger partial charge in [0.1, 0.15) is 0 Å². The summed E-state index contributed by atoms with van der Waals surface area (Å²) in [6.45, 7) is 12.9. The summed E-state index contributed by atoms with van der Waals surface area (Å²) in [5.41, 5.74) is 5.76. The van der Waals surface area contributed by atoms with Gasteiger partial charge in [0, 0.05) is 12.6 Å². The van der Waals surface area contributed by atoms with Gasteiger partial charge in [0.25, 0.3) is 0 Å². The molecule has 0 amide bonds. The predicted molar refractivity (Wildman–Crippen MR) is 70.7 cm³/mol. The topological polar surface area (TPSA) is 55.6 Å². The summed E-state index contributed by atoms with van der Waals surface area (Å²) in [5, 5.41) is 0. The zero-order chi connectivity index (χ0) is 13.4. The van der Waals surface area contributed by atoms with Crippen LogP contribution in [0.3, 0.4) is 0 Å². The maximum Gasteiger partial charge on any atom is 0.311 e. The maximum absolute atomic E-state index is 11.9. The molecule has 0 rings (SSSR count). The first-order valence-corrected chi connectivity index (χ1v) is 6.64. The molecule has 0 aliphatic carbocycles. The van der Waals surface area contributed by atoms with Crippen molar-refractivity contribution in [2.24, 2.45) is 17.6 Å². The molecule has 0 saturated carbocycles. The first-order valence-electron chi connectivity index (χ1n) is 6.64. The van der Waals surface area contributed by atoms with Crippen molar-refractivity contribution in [3.63, 3.8) is 0 Å². The molecule has 4 nitrogen and oxygen atoms in total. The van der Waals surface area contributed by atoms with Crippen LogP contribution in [0.5, 0.6) is 0 Å². The van der Waals surface area contributed by atoms with Gasteiger partial charge in [-0.1, -0.05) is 27.7 Å². The van der Waals surface area contributed by atoms with Gasteiger partial charge in [-0.3, -0.25) is 9.69 Å². The minimum atomic E-state index is -0.227. The Morgan fingerprint density at radius 2 is 1.76 bits per heavy atom. The lowest BCUT2D eigenvalue weighted by atomic mass is 9.88. The minimum absolute atomic E-state index is 0.161. The van der Waals surface area contributed by atoms with E-state index >= 15 is 0 Å². The average molecular weight is 244 g/mol. The zero-order valence-corrected chi connectivity index (χ0v) is 11.9. The molecule has 0 radical (unpaired) electrons. The van der Waals surface area contributed by atoms with Crippen molar-refractivity contribution in [3.05, 3.63) is 0 Å². The van der Waals surface area contributed by atoms with E-state index in [1.807, 2.05) is 6.92 Å². The van der Waals surface area contributed by atoms with Crippen LogP contribution in [0.2, 0.25) is 0 Å². The Labute approximate surface area is 105 Å². The zero-order valence-electron chi connectivity index (χ0n) is 11.9. The van der Waals surface area contributed by atoms with Crippen molar-refractivity contribution in [1.82, 2.24) is 4.90 Å². The Morgan fingerprint density at radius 1 is 1.24 bits per heavy atom. The molecule has 0 bridgehead atoms. The van der Waals surface area contributed by atoms with E-state index in [4.69, 9.17) is 10.5 Å². The average Bonchev–Trinajstić information content (AvgIpc) is 2.29. The lowest BCUT2D eigenvalue weighted by Gasteiger charge is -2.37. The highest BCUT2D eigenvalue weighted by Gasteiger charge is 2.33. The Bertz CT molecular complexity index is 215. The quantitative estimate of drug-likeness (QED) is 0.657. The number of hydrogen-bond donors (Lipinski definition) is 1. The second-order valence-electron chi connectivity index (χ2n) is 4.55. The first-order chi connectivity index (χ1) is 8.03. The molecule has 17 heavy (non-hydrogen) atoms. The number of ether oxygens (including phenoxy) is 1. The molecule has 0 aliphatic rings. The Balaban J connectivity index is 4.91. The minimum Gasteiger partial charge on any atom is -0.466 e. The van der Waals surface area contributed by atoms with Gasteiger partial charge in [0.05, 0.1) is 12.5 Å². The largest absolute Gasteiger partial charge is 0.466 e. The number of hydrogen-bond acceptors (Lipinski definition) is 4. The van der Waals surface area contributed by atoms with Crippen LogP contribution < -0.4 is 5.73 Å². The molecular weight excluding hydrogens is 216 g/mol. The van der Waals surface area contributed by atoms with Crippen molar-refractivity contribution < 1.29 is 9.53 Å². The summed E-state index contributed by atoms with van der Waals surface area (Å²) < 4.78 is 5.12. The van der Waals surface area contributed by atoms with E-state index in [1.54, 1.807) is 0 Å². The molecule has 0 fully saturated rings. The molecule has 0 heterocycles. The third kappa shape index (κ3) is 4.64. The number of esters is 1. The van der Waals surface area contributed by atoms with Gasteiger partial charge < -0.3 is 10.5 Å². The molecular formula is C13H28N2O2. The van der Waals surface area contributed by atoms with Crippen LogP contribution in [0.15, 0.2) is 0 Å². The fraction of sp³-hybridized carbons (Fsp3) is 0.923. The highest BCUT2D eigenvalue weighted by atomic mass is 16.5. The summed E-state index contributed by atoms with van der Waals surface area (Å²) in [6.07, 6.45) is 0. The number of nitrogens with two attached hydrogens (primary N) is 1. The van der Waals surface area contributed by atoms with Crippen LogP contribution >= 0.6 is 0 Å². The highest BCUT2D eigenvalue weighted by molar-refractivity contribution is 5.73. The van der Waals surface area contributed by atoms with Gasteiger partial charge in [-0.15, -0.1) is 0 Å². The number of rotatable bonds is 8. The van der Waals surface area contributed by atoms with Crippen molar-refractivity contribution >= 4 is 5.97 Å². The van der Waals surface area contributed by atoms with Gasteiger partial charge in [0.15, 0.2) is 0 Å². The number of nitrogens with zero attached hydrogens (tertiary/aromatic N) is 1. The van der Waals surface area contributed by atoms with E-state index in [-0.39, 0.29) is 17.9 Å². The summed E-state index contributed by atoms with van der Waals surface area (Å²) in [6, 6.07) is 0.161. The van der Waals surface area contributed by atoms with E-state index in [0.717, 1.165) is 13.1 Å². The second kappa shape index (κ2) is 8.48. The first kappa shape index (κ1) is 16.4. The van der Waals surface area contributed by atoms with Crippen LogP contribution in [0.25, 0.3) is 0 Å². The summed E-state index contributed by atoms with van der Waals surface area (Å²) >= 11 is 0. The van der Waals surface area contributed by atoms with E-state index < -0.39 is 0 Å². The molecule has 0 aromatic heterocycles. The SMILES string of the molecule is CCOC(=O)[C@H](CN)[C@H](C(C)C)N(CC)CC. The standard InChI is InChI=1S/C13H28N2O2/c1-6-15(7-2)12(10(4)5)11(9-14)13(16)17-8-3/h10-12H,6-9,14H2,1-5H3/t11-,12+/m1/s1. The van der Waals surface area contributed by atoms with Gasteiger partial charge in [-0.05, 0) is 25.9 Å². The Kier molecular flexibility index (Phi) is 8.17. The van der Waals surface area contributed by atoms with Gasteiger partial charge in [-0.2, -0.15) is 0 Å². The van der Waals surface area contributed by atoms with Crippen LogP contribution in [-0.2, 0) is 9.53 Å². The molecule has 0 aromatic carbocycles. The number of carbonyl (C=O) groups excluding carboxylic acids is 1. The van der Waals surface area contributed by atoms with Crippen LogP contribution in [0.4, 0.5) is 0 Å². The molecule has 4 heteroatoms. The molecule has 0 aromatic rings. The highest BCUT2D eigenvalue weighted by Crippen LogP contribution is 2.20. The summed E-state index contributed by atoms with van der Waals surface area (Å²) in [7, 11) is 0. The normalized spacial score (nSPS) is 15.1. The van der Waals surface area contributed by atoms with Gasteiger partial charge in [0.2, 0.25) is 0 Å². The third-order valence-corrected chi connectivity index (χ3v) is 3.17. The summed E-state index contributed by atoms with van der Waals surface area (Å²) in [5.74, 6) is -0.0108. The second-order valence-corrected chi connectivity index (χ2v) is 4.55. The molecule has 0 spiro atoms. The Hall–Kier alpha value is -0.610. The van der Waals surface area contributed by atoms with Crippen molar-refractivity contribution in [1.29, 1.82) is 0 Å². The Morgan fingerprint density at radius 3 is 2.06 bits per heavy atom. The fourth-order valence-corrected chi connectivity index (χ4v) is 2.41. The van der Waals surface area contributed by atoms with Crippen LogP contribution in [-0.4, -0.2) is 43.2 Å². The van der Waals surface area contributed by atoms with E-state index in [2.05, 4.69) is 32.6 Å². The molecule has 0 aliphatic heterocycles.